The van der Waals surface area contributed by atoms with Crippen LogP contribution < -0.4 is 20.1 Å². The van der Waals surface area contributed by atoms with Crippen LogP contribution >= 0.6 is 0 Å². The molecule has 1 aromatic carbocycles. The summed E-state index contributed by atoms with van der Waals surface area (Å²) < 4.78 is 10.5. The average Bonchev–Trinajstić information content (AvgIpc) is 2.59. The fraction of sp³-hybridized carbons (Fsp3) is 0.353. The van der Waals surface area contributed by atoms with E-state index in [9.17, 15) is 4.79 Å². The smallest absolute Gasteiger partial charge is 0.270 e. The molecule has 0 aliphatic carbocycles. The third-order valence-corrected chi connectivity index (χ3v) is 3.28. The number of hydrogen-bond donors (Lipinski definition) is 2. The molecule has 0 radical (unpaired) electrons. The van der Waals surface area contributed by atoms with Crippen LogP contribution in [0.3, 0.4) is 0 Å². The Morgan fingerprint density at radius 1 is 1.17 bits per heavy atom. The second kappa shape index (κ2) is 8.14. The van der Waals surface area contributed by atoms with Gasteiger partial charge >= 0.3 is 0 Å². The van der Waals surface area contributed by atoms with E-state index in [1.807, 2.05) is 13.8 Å². The molecule has 24 heavy (non-hydrogen) atoms. The Balaban J connectivity index is 2.27. The Morgan fingerprint density at radius 3 is 2.62 bits per heavy atom. The van der Waals surface area contributed by atoms with Crippen molar-refractivity contribution in [3.63, 3.8) is 0 Å². The molecule has 7 nitrogen and oxygen atoms in total. The summed E-state index contributed by atoms with van der Waals surface area (Å²) in [5, 5.41) is 5.89. The summed E-state index contributed by atoms with van der Waals surface area (Å²) in [6.45, 7) is 4.42. The zero-order valence-corrected chi connectivity index (χ0v) is 14.3. The SMILES string of the molecule is CCCNC(=O)c1cc(C)nc(Nc2ccc(OC)cc2OC)n1. The number of methoxy groups -OCH3 is 2. The van der Waals surface area contributed by atoms with Crippen LogP contribution in [0.15, 0.2) is 24.3 Å². The van der Waals surface area contributed by atoms with Gasteiger partial charge in [-0.2, -0.15) is 0 Å². The molecule has 0 unspecified atom stereocenters. The quantitative estimate of drug-likeness (QED) is 0.812. The number of amides is 1. The van der Waals surface area contributed by atoms with E-state index in [0.29, 0.717) is 41.1 Å². The summed E-state index contributed by atoms with van der Waals surface area (Å²) in [6.07, 6.45) is 0.865. The van der Waals surface area contributed by atoms with Crippen molar-refractivity contribution in [2.24, 2.45) is 0 Å². The number of ether oxygens (including phenoxy) is 2. The fourth-order valence-corrected chi connectivity index (χ4v) is 2.09. The first kappa shape index (κ1) is 17.5. The molecule has 1 amide bonds. The van der Waals surface area contributed by atoms with Crippen molar-refractivity contribution in [2.75, 3.05) is 26.1 Å². The lowest BCUT2D eigenvalue weighted by Crippen LogP contribution is -2.25. The topological polar surface area (TPSA) is 85.4 Å². The van der Waals surface area contributed by atoms with E-state index in [4.69, 9.17) is 9.47 Å². The van der Waals surface area contributed by atoms with Gasteiger partial charge in [0.2, 0.25) is 5.95 Å². The molecule has 0 spiro atoms. The summed E-state index contributed by atoms with van der Waals surface area (Å²) >= 11 is 0. The number of benzene rings is 1. The molecule has 2 rings (SSSR count). The highest BCUT2D eigenvalue weighted by molar-refractivity contribution is 5.92. The zero-order valence-electron chi connectivity index (χ0n) is 14.3. The van der Waals surface area contributed by atoms with Gasteiger partial charge in [0.25, 0.3) is 5.91 Å². The molecule has 1 heterocycles. The number of nitrogens with zero attached hydrogens (tertiary/aromatic N) is 2. The maximum Gasteiger partial charge on any atom is 0.270 e. The molecular formula is C17H22N4O3. The second-order valence-electron chi connectivity index (χ2n) is 5.17. The third-order valence-electron chi connectivity index (χ3n) is 3.28. The van der Waals surface area contributed by atoms with Gasteiger partial charge in [0, 0.05) is 18.3 Å². The molecule has 0 saturated heterocycles. The Bertz CT molecular complexity index is 719. The molecule has 2 aromatic rings. The summed E-state index contributed by atoms with van der Waals surface area (Å²) in [6, 6.07) is 7.02. The third kappa shape index (κ3) is 4.34. The predicted molar refractivity (Wildman–Crippen MR) is 92.2 cm³/mol. The molecule has 0 aliphatic heterocycles. The normalized spacial score (nSPS) is 10.2. The van der Waals surface area contributed by atoms with Gasteiger partial charge in [-0.05, 0) is 31.5 Å². The minimum atomic E-state index is -0.216. The summed E-state index contributed by atoms with van der Waals surface area (Å²) in [5.41, 5.74) is 1.70. The number of aromatic nitrogens is 2. The monoisotopic (exact) mass is 330 g/mol. The molecule has 7 heteroatoms. The Kier molecular flexibility index (Phi) is 5.95. The van der Waals surface area contributed by atoms with Crippen LogP contribution in [0.4, 0.5) is 11.6 Å². The lowest BCUT2D eigenvalue weighted by atomic mass is 10.2. The lowest BCUT2D eigenvalue weighted by molar-refractivity contribution is 0.0948. The van der Waals surface area contributed by atoms with Gasteiger partial charge in [0.05, 0.1) is 19.9 Å². The van der Waals surface area contributed by atoms with Gasteiger partial charge in [-0.3, -0.25) is 4.79 Å². The van der Waals surface area contributed by atoms with E-state index in [2.05, 4.69) is 20.6 Å². The summed E-state index contributed by atoms with van der Waals surface area (Å²) in [5.74, 6) is 1.39. The van der Waals surface area contributed by atoms with Crippen molar-refractivity contribution in [2.45, 2.75) is 20.3 Å². The van der Waals surface area contributed by atoms with Crippen LogP contribution in [0.1, 0.15) is 29.5 Å². The highest BCUT2D eigenvalue weighted by Gasteiger charge is 2.12. The highest BCUT2D eigenvalue weighted by Crippen LogP contribution is 2.30. The van der Waals surface area contributed by atoms with Crippen molar-refractivity contribution in [3.8, 4) is 11.5 Å². The van der Waals surface area contributed by atoms with Gasteiger partial charge in [0.15, 0.2) is 0 Å². The number of anilines is 2. The maximum atomic E-state index is 12.1. The minimum absolute atomic E-state index is 0.216. The van der Waals surface area contributed by atoms with Gasteiger partial charge in [-0.15, -0.1) is 0 Å². The Labute approximate surface area is 141 Å². The van der Waals surface area contributed by atoms with E-state index < -0.39 is 0 Å². The first-order chi connectivity index (χ1) is 11.6. The Hall–Kier alpha value is -2.83. The van der Waals surface area contributed by atoms with Crippen LogP contribution in [-0.2, 0) is 0 Å². The van der Waals surface area contributed by atoms with Gasteiger partial charge in [-0.25, -0.2) is 9.97 Å². The number of carbonyl (C=O) groups is 1. The lowest BCUT2D eigenvalue weighted by Gasteiger charge is -2.12. The van der Waals surface area contributed by atoms with Gasteiger partial charge in [0.1, 0.15) is 17.2 Å². The van der Waals surface area contributed by atoms with Crippen molar-refractivity contribution in [1.82, 2.24) is 15.3 Å². The molecule has 0 fully saturated rings. The molecule has 0 atom stereocenters. The van der Waals surface area contributed by atoms with Crippen LogP contribution in [0.5, 0.6) is 11.5 Å². The zero-order chi connectivity index (χ0) is 17.5. The number of hydrogen-bond acceptors (Lipinski definition) is 6. The number of aryl methyl sites for hydroxylation is 1. The minimum Gasteiger partial charge on any atom is -0.497 e. The van der Waals surface area contributed by atoms with Crippen molar-refractivity contribution >= 4 is 17.5 Å². The van der Waals surface area contributed by atoms with Crippen molar-refractivity contribution in [1.29, 1.82) is 0 Å². The van der Waals surface area contributed by atoms with E-state index in [1.54, 1.807) is 38.5 Å². The van der Waals surface area contributed by atoms with Crippen LogP contribution in [0.2, 0.25) is 0 Å². The van der Waals surface area contributed by atoms with E-state index in [0.717, 1.165) is 6.42 Å². The maximum absolute atomic E-state index is 12.1. The summed E-state index contributed by atoms with van der Waals surface area (Å²) in [4.78, 5) is 20.7. The van der Waals surface area contributed by atoms with Gasteiger partial charge in [-0.1, -0.05) is 6.92 Å². The van der Waals surface area contributed by atoms with Crippen LogP contribution in [-0.4, -0.2) is 36.6 Å². The van der Waals surface area contributed by atoms with Crippen molar-refractivity contribution in [3.05, 3.63) is 35.7 Å². The molecule has 128 valence electrons. The standard InChI is InChI=1S/C17H22N4O3/c1-5-8-18-16(22)14-9-11(2)19-17(21-14)20-13-7-6-12(23-3)10-15(13)24-4/h6-7,9-10H,5,8H2,1-4H3,(H,18,22)(H,19,20,21). The molecule has 0 aliphatic rings. The molecule has 0 saturated carbocycles. The fourth-order valence-electron chi connectivity index (χ4n) is 2.09. The summed E-state index contributed by atoms with van der Waals surface area (Å²) in [7, 11) is 3.16. The molecular weight excluding hydrogens is 308 g/mol. The van der Waals surface area contributed by atoms with Crippen molar-refractivity contribution < 1.29 is 14.3 Å². The number of rotatable bonds is 7. The number of nitrogens with one attached hydrogen (secondary N) is 2. The van der Waals surface area contributed by atoms with Gasteiger partial charge < -0.3 is 20.1 Å². The molecule has 0 bridgehead atoms. The first-order valence-corrected chi connectivity index (χ1v) is 7.70. The average molecular weight is 330 g/mol. The largest absolute Gasteiger partial charge is 0.497 e. The first-order valence-electron chi connectivity index (χ1n) is 7.70. The van der Waals surface area contributed by atoms with E-state index >= 15 is 0 Å². The highest BCUT2D eigenvalue weighted by atomic mass is 16.5. The molecule has 1 aromatic heterocycles. The predicted octanol–water partition coefficient (Wildman–Crippen LogP) is 2.69. The second-order valence-corrected chi connectivity index (χ2v) is 5.17. The number of carbonyl (C=O) groups excluding carboxylic acids is 1. The van der Waals surface area contributed by atoms with Crippen LogP contribution in [0.25, 0.3) is 0 Å². The molecule has 2 N–H and O–H groups in total. The van der Waals surface area contributed by atoms with E-state index in [-0.39, 0.29) is 5.91 Å². The van der Waals surface area contributed by atoms with Crippen LogP contribution in [0, 0.1) is 6.92 Å². The Morgan fingerprint density at radius 2 is 1.96 bits per heavy atom. The van der Waals surface area contributed by atoms with E-state index in [1.165, 1.54) is 0 Å².